The van der Waals surface area contributed by atoms with Crippen LogP contribution in [0.3, 0.4) is 0 Å². The lowest BCUT2D eigenvalue weighted by Crippen LogP contribution is -2.25. The molecule has 0 radical (unpaired) electrons. The Bertz CT molecular complexity index is 180. The molecule has 0 bridgehead atoms. The molecule has 0 heterocycles. The average Bonchev–Trinajstić information content (AvgIpc) is 2.41. The molecule has 0 spiro atoms. The second kappa shape index (κ2) is 7.56. The van der Waals surface area contributed by atoms with E-state index >= 15 is 0 Å². The minimum atomic E-state index is 1.09. The first-order valence-electron chi connectivity index (χ1n) is 8.83. The molecule has 18 heavy (non-hydrogen) atoms. The topological polar surface area (TPSA) is 0 Å². The van der Waals surface area contributed by atoms with Crippen molar-refractivity contribution in [3.8, 4) is 0 Å². The van der Waals surface area contributed by atoms with E-state index in [2.05, 4.69) is 13.8 Å². The van der Waals surface area contributed by atoms with E-state index in [1.807, 2.05) is 0 Å². The third-order valence-electron chi connectivity index (χ3n) is 5.84. The van der Waals surface area contributed by atoms with Crippen molar-refractivity contribution in [2.45, 2.75) is 90.9 Å². The molecular formula is C18H34. The lowest BCUT2D eigenvalue weighted by molar-refractivity contribution is 0.141. The van der Waals surface area contributed by atoms with Crippen molar-refractivity contribution in [1.82, 2.24) is 0 Å². The summed E-state index contributed by atoms with van der Waals surface area (Å²) >= 11 is 0. The number of hydrogen-bond acceptors (Lipinski definition) is 0. The predicted molar refractivity (Wildman–Crippen MR) is 80.7 cm³/mol. The van der Waals surface area contributed by atoms with Gasteiger partial charge in [0.05, 0.1) is 0 Å². The minimum Gasteiger partial charge on any atom is -0.0654 e. The molecule has 0 nitrogen and oxygen atoms in total. The SMILES string of the molecule is CCCC1CCC(C2CCC(CCC)CC2)CC1. The van der Waals surface area contributed by atoms with E-state index in [-0.39, 0.29) is 0 Å². The summed E-state index contributed by atoms with van der Waals surface area (Å²) in [6.45, 7) is 4.70. The fourth-order valence-corrected chi connectivity index (χ4v) is 4.71. The third-order valence-corrected chi connectivity index (χ3v) is 5.84. The summed E-state index contributed by atoms with van der Waals surface area (Å²) in [5, 5.41) is 0. The Labute approximate surface area is 115 Å². The lowest BCUT2D eigenvalue weighted by Gasteiger charge is -2.38. The second-order valence-corrected chi connectivity index (χ2v) is 7.14. The van der Waals surface area contributed by atoms with E-state index in [0.717, 1.165) is 23.7 Å². The Kier molecular flexibility index (Phi) is 6.05. The average molecular weight is 250 g/mol. The van der Waals surface area contributed by atoms with Crippen LogP contribution >= 0.6 is 0 Å². The normalized spacial score (nSPS) is 37.7. The molecule has 0 N–H and O–H groups in total. The Morgan fingerprint density at radius 2 is 0.889 bits per heavy atom. The van der Waals surface area contributed by atoms with Crippen LogP contribution in [-0.4, -0.2) is 0 Å². The van der Waals surface area contributed by atoms with Gasteiger partial charge >= 0.3 is 0 Å². The molecule has 2 rings (SSSR count). The summed E-state index contributed by atoms with van der Waals surface area (Å²) in [6.07, 6.45) is 18.2. The molecule has 0 heteroatoms. The lowest BCUT2D eigenvalue weighted by atomic mass is 9.68. The Morgan fingerprint density at radius 1 is 0.556 bits per heavy atom. The van der Waals surface area contributed by atoms with Crippen molar-refractivity contribution < 1.29 is 0 Å². The van der Waals surface area contributed by atoms with Crippen molar-refractivity contribution in [3.63, 3.8) is 0 Å². The maximum absolute atomic E-state index is 2.35. The summed E-state index contributed by atoms with van der Waals surface area (Å²) < 4.78 is 0. The standard InChI is InChI=1S/C18H34/c1-3-5-15-7-11-17(12-8-15)18-13-9-16(6-4-2)10-14-18/h15-18H,3-14H2,1-2H3. The van der Waals surface area contributed by atoms with Crippen LogP contribution < -0.4 is 0 Å². The van der Waals surface area contributed by atoms with Crippen LogP contribution in [-0.2, 0) is 0 Å². The van der Waals surface area contributed by atoms with Crippen molar-refractivity contribution in [3.05, 3.63) is 0 Å². The molecule has 0 saturated heterocycles. The van der Waals surface area contributed by atoms with Crippen molar-refractivity contribution in [2.75, 3.05) is 0 Å². The highest BCUT2D eigenvalue weighted by Crippen LogP contribution is 2.42. The summed E-state index contributed by atoms with van der Waals surface area (Å²) in [5.41, 5.74) is 0. The largest absolute Gasteiger partial charge is 0.0654 e. The van der Waals surface area contributed by atoms with Crippen LogP contribution in [0.2, 0.25) is 0 Å². The van der Waals surface area contributed by atoms with Crippen molar-refractivity contribution in [2.24, 2.45) is 23.7 Å². The molecule has 0 aromatic rings. The molecule has 0 amide bonds. The van der Waals surface area contributed by atoms with Crippen LogP contribution in [0.15, 0.2) is 0 Å². The molecule has 0 aromatic carbocycles. The molecular weight excluding hydrogens is 216 g/mol. The number of hydrogen-bond donors (Lipinski definition) is 0. The zero-order valence-electron chi connectivity index (χ0n) is 12.8. The second-order valence-electron chi connectivity index (χ2n) is 7.14. The quantitative estimate of drug-likeness (QED) is 0.545. The van der Waals surface area contributed by atoms with Crippen LogP contribution in [0.5, 0.6) is 0 Å². The molecule has 0 atom stereocenters. The molecule has 2 aliphatic carbocycles. The summed E-state index contributed by atoms with van der Waals surface area (Å²) in [5.74, 6) is 4.40. The van der Waals surface area contributed by atoms with Gasteiger partial charge in [0.25, 0.3) is 0 Å². The van der Waals surface area contributed by atoms with E-state index in [9.17, 15) is 0 Å². The van der Waals surface area contributed by atoms with Gasteiger partial charge in [0.15, 0.2) is 0 Å². The van der Waals surface area contributed by atoms with Gasteiger partial charge in [-0.2, -0.15) is 0 Å². The first-order valence-corrected chi connectivity index (χ1v) is 8.83. The highest BCUT2D eigenvalue weighted by atomic mass is 14.4. The highest BCUT2D eigenvalue weighted by Gasteiger charge is 2.30. The van der Waals surface area contributed by atoms with Gasteiger partial charge < -0.3 is 0 Å². The Hall–Kier alpha value is 0. The van der Waals surface area contributed by atoms with Crippen molar-refractivity contribution in [1.29, 1.82) is 0 Å². The fourth-order valence-electron chi connectivity index (χ4n) is 4.71. The number of rotatable bonds is 5. The third kappa shape index (κ3) is 4.00. The van der Waals surface area contributed by atoms with E-state index in [0.29, 0.717) is 0 Å². The van der Waals surface area contributed by atoms with Gasteiger partial charge in [0, 0.05) is 0 Å². The van der Waals surface area contributed by atoms with Gasteiger partial charge in [-0.3, -0.25) is 0 Å². The summed E-state index contributed by atoms with van der Waals surface area (Å²) in [4.78, 5) is 0. The Morgan fingerprint density at radius 3 is 1.17 bits per heavy atom. The van der Waals surface area contributed by atoms with E-state index < -0.39 is 0 Å². The monoisotopic (exact) mass is 250 g/mol. The van der Waals surface area contributed by atoms with Gasteiger partial charge in [-0.25, -0.2) is 0 Å². The van der Waals surface area contributed by atoms with Crippen LogP contribution in [0.4, 0.5) is 0 Å². The first-order chi connectivity index (χ1) is 8.83. The Balaban J connectivity index is 1.68. The van der Waals surface area contributed by atoms with E-state index in [1.165, 1.54) is 25.7 Å². The van der Waals surface area contributed by atoms with Crippen LogP contribution in [0, 0.1) is 23.7 Å². The molecule has 2 fully saturated rings. The highest BCUT2D eigenvalue weighted by molar-refractivity contribution is 4.81. The molecule has 0 aliphatic heterocycles. The zero-order chi connectivity index (χ0) is 12.8. The van der Waals surface area contributed by atoms with Gasteiger partial charge in [-0.1, -0.05) is 65.2 Å². The maximum atomic E-state index is 2.35. The first kappa shape index (κ1) is 14.4. The van der Waals surface area contributed by atoms with E-state index in [1.54, 1.807) is 51.4 Å². The van der Waals surface area contributed by atoms with Gasteiger partial charge in [0.2, 0.25) is 0 Å². The molecule has 106 valence electrons. The van der Waals surface area contributed by atoms with Crippen molar-refractivity contribution >= 4 is 0 Å². The smallest absolute Gasteiger partial charge is 0.0386 e. The van der Waals surface area contributed by atoms with Crippen LogP contribution in [0.25, 0.3) is 0 Å². The summed E-state index contributed by atoms with van der Waals surface area (Å²) in [7, 11) is 0. The molecule has 0 unspecified atom stereocenters. The maximum Gasteiger partial charge on any atom is -0.0386 e. The van der Waals surface area contributed by atoms with Gasteiger partial charge in [-0.05, 0) is 49.4 Å². The molecule has 2 saturated carbocycles. The van der Waals surface area contributed by atoms with Crippen LogP contribution in [0.1, 0.15) is 90.9 Å². The van der Waals surface area contributed by atoms with Gasteiger partial charge in [-0.15, -0.1) is 0 Å². The molecule has 2 aliphatic rings. The minimum absolute atomic E-state index is 1.09. The zero-order valence-corrected chi connectivity index (χ0v) is 12.8. The van der Waals surface area contributed by atoms with Gasteiger partial charge in [0.1, 0.15) is 0 Å². The summed E-state index contributed by atoms with van der Waals surface area (Å²) in [6, 6.07) is 0. The molecule has 0 aromatic heterocycles. The predicted octanol–water partition coefficient (Wildman–Crippen LogP) is 6.20. The van der Waals surface area contributed by atoms with E-state index in [4.69, 9.17) is 0 Å². The fraction of sp³-hybridized carbons (Fsp3) is 1.00.